The number of rotatable bonds is 4. The fourth-order valence-electron chi connectivity index (χ4n) is 1.69. The standard InChI is InChI=1S/C15H14F2OS/c1-15(18,11-5-3-2-4-6-11)10-19-14-9-12(16)7-8-13(14)17/h2-9,18H,10H2,1H3. The summed E-state index contributed by atoms with van der Waals surface area (Å²) in [4.78, 5) is 0.205. The van der Waals surface area contributed by atoms with Gasteiger partial charge in [0.05, 0.1) is 5.60 Å². The molecule has 1 unspecified atom stereocenters. The molecule has 1 nitrogen and oxygen atoms in total. The highest BCUT2D eigenvalue weighted by atomic mass is 32.2. The zero-order valence-electron chi connectivity index (χ0n) is 10.4. The third-order valence-electron chi connectivity index (χ3n) is 2.80. The summed E-state index contributed by atoms with van der Waals surface area (Å²) < 4.78 is 26.5. The Morgan fingerprint density at radius 3 is 2.47 bits per heavy atom. The average Bonchev–Trinajstić information content (AvgIpc) is 2.41. The predicted octanol–water partition coefficient (Wildman–Crippen LogP) is 3.96. The summed E-state index contributed by atoms with van der Waals surface area (Å²) in [6, 6.07) is 12.4. The molecule has 0 aliphatic heterocycles. The van der Waals surface area contributed by atoms with E-state index in [0.717, 1.165) is 35.5 Å². The minimum atomic E-state index is -1.09. The maximum Gasteiger partial charge on any atom is 0.136 e. The number of thioether (sulfide) groups is 1. The van der Waals surface area contributed by atoms with Crippen LogP contribution in [0.1, 0.15) is 12.5 Å². The number of halogens is 2. The highest BCUT2D eigenvalue weighted by Gasteiger charge is 2.23. The van der Waals surface area contributed by atoms with Crippen molar-refractivity contribution in [3.05, 3.63) is 65.7 Å². The zero-order chi connectivity index (χ0) is 13.9. The van der Waals surface area contributed by atoms with Crippen molar-refractivity contribution >= 4 is 11.8 Å². The van der Waals surface area contributed by atoms with Gasteiger partial charge in [-0.25, -0.2) is 8.78 Å². The Labute approximate surface area is 115 Å². The summed E-state index contributed by atoms with van der Waals surface area (Å²) in [5.74, 6) is -0.712. The minimum Gasteiger partial charge on any atom is -0.385 e. The SMILES string of the molecule is CC(O)(CSc1cc(F)ccc1F)c1ccccc1. The van der Waals surface area contributed by atoms with Gasteiger partial charge in [0.1, 0.15) is 11.6 Å². The molecule has 2 aromatic carbocycles. The van der Waals surface area contributed by atoms with Gasteiger partial charge in [-0.05, 0) is 30.7 Å². The van der Waals surface area contributed by atoms with Gasteiger partial charge >= 0.3 is 0 Å². The summed E-state index contributed by atoms with van der Waals surface area (Å²) in [7, 11) is 0. The second-order valence-electron chi connectivity index (χ2n) is 4.50. The Morgan fingerprint density at radius 1 is 1.11 bits per heavy atom. The van der Waals surface area contributed by atoms with Gasteiger partial charge in [-0.2, -0.15) is 0 Å². The molecule has 19 heavy (non-hydrogen) atoms. The molecular weight excluding hydrogens is 266 g/mol. The van der Waals surface area contributed by atoms with Crippen molar-refractivity contribution in [3.63, 3.8) is 0 Å². The summed E-state index contributed by atoms with van der Waals surface area (Å²) in [6.07, 6.45) is 0. The molecule has 0 saturated carbocycles. The summed E-state index contributed by atoms with van der Waals surface area (Å²) in [5, 5.41) is 10.4. The Kier molecular flexibility index (Phi) is 4.22. The van der Waals surface area contributed by atoms with Crippen LogP contribution in [0.25, 0.3) is 0 Å². The van der Waals surface area contributed by atoms with Gasteiger partial charge in [0.2, 0.25) is 0 Å². The molecule has 0 spiro atoms. The molecule has 1 atom stereocenters. The van der Waals surface area contributed by atoms with E-state index in [1.807, 2.05) is 30.3 Å². The topological polar surface area (TPSA) is 20.2 Å². The largest absolute Gasteiger partial charge is 0.385 e. The van der Waals surface area contributed by atoms with Crippen LogP contribution in [0, 0.1) is 11.6 Å². The number of benzene rings is 2. The van der Waals surface area contributed by atoms with Crippen molar-refractivity contribution in [2.75, 3.05) is 5.75 Å². The summed E-state index contributed by atoms with van der Waals surface area (Å²) in [5.41, 5.74) is -0.343. The van der Waals surface area contributed by atoms with E-state index in [9.17, 15) is 13.9 Å². The van der Waals surface area contributed by atoms with Gasteiger partial charge in [-0.15, -0.1) is 11.8 Å². The Morgan fingerprint density at radius 2 is 1.79 bits per heavy atom. The van der Waals surface area contributed by atoms with Crippen LogP contribution in [0.4, 0.5) is 8.78 Å². The monoisotopic (exact) mass is 280 g/mol. The highest BCUT2D eigenvalue weighted by Crippen LogP contribution is 2.31. The predicted molar refractivity (Wildman–Crippen MR) is 73.1 cm³/mol. The first-order chi connectivity index (χ1) is 8.99. The smallest absolute Gasteiger partial charge is 0.136 e. The molecule has 0 aliphatic rings. The van der Waals surface area contributed by atoms with Gasteiger partial charge in [-0.3, -0.25) is 0 Å². The van der Waals surface area contributed by atoms with Crippen LogP contribution in [0.2, 0.25) is 0 Å². The lowest BCUT2D eigenvalue weighted by Gasteiger charge is -2.23. The van der Waals surface area contributed by atoms with Gasteiger partial charge in [-0.1, -0.05) is 30.3 Å². The molecule has 0 saturated heterocycles. The first kappa shape index (κ1) is 14.0. The van der Waals surface area contributed by atoms with Crippen molar-refractivity contribution in [3.8, 4) is 0 Å². The molecule has 0 fully saturated rings. The van der Waals surface area contributed by atoms with E-state index in [2.05, 4.69) is 0 Å². The first-order valence-corrected chi connectivity index (χ1v) is 6.83. The van der Waals surface area contributed by atoms with Crippen molar-refractivity contribution in [1.29, 1.82) is 0 Å². The fraction of sp³-hybridized carbons (Fsp3) is 0.200. The van der Waals surface area contributed by atoms with E-state index in [1.165, 1.54) is 0 Å². The minimum absolute atomic E-state index is 0.205. The third kappa shape index (κ3) is 3.55. The first-order valence-electron chi connectivity index (χ1n) is 5.85. The molecule has 4 heteroatoms. The second kappa shape index (κ2) is 5.72. The fourth-order valence-corrected chi connectivity index (χ4v) is 2.69. The molecular formula is C15H14F2OS. The summed E-state index contributed by atoms with van der Waals surface area (Å²) in [6.45, 7) is 1.66. The lowest BCUT2D eigenvalue weighted by Crippen LogP contribution is -2.24. The molecule has 0 radical (unpaired) electrons. The van der Waals surface area contributed by atoms with E-state index in [0.29, 0.717) is 0 Å². The molecule has 0 amide bonds. The molecule has 0 aliphatic carbocycles. The maximum atomic E-state index is 13.5. The number of hydrogen-bond donors (Lipinski definition) is 1. The number of hydrogen-bond acceptors (Lipinski definition) is 2. The molecule has 0 aromatic heterocycles. The van der Waals surface area contributed by atoms with Crippen molar-refractivity contribution in [2.45, 2.75) is 17.4 Å². The third-order valence-corrected chi connectivity index (χ3v) is 4.13. The van der Waals surface area contributed by atoms with Gasteiger partial charge in [0, 0.05) is 10.6 Å². The zero-order valence-corrected chi connectivity index (χ0v) is 11.3. The quantitative estimate of drug-likeness (QED) is 0.855. The van der Waals surface area contributed by atoms with Gasteiger partial charge in [0.15, 0.2) is 0 Å². The van der Waals surface area contributed by atoms with E-state index in [1.54, 1.807) is 6.92 Å². The van der Waals surface area contributed by atoms with Crippen molar-refractivity contribution in [1.82, 2.24) is 0 Å². The van der Waals surface area contributed by atoms with Crippen molar-refractivity contribution in [2.24, 2.45) is 0 Å². The van der Waals surface area contributed by atoms with Crippen LogP contribution in [0.5, 0.6) is 0 Å². The van der Waals surface area contributed by atoms with Gasteiger partial charge in [0.25, 0.3) is 0 Å². The Balaban J connectivity index is 2.12. The number of aliphatic hydroxyl groups is 1. The highest BCUT2D eigenvalue weighted by molar-refractivity contribution is 7.99. The van der Waals surface area contributed by atoms with E-state index in [4.69, 9.17) is 0 Å². The van der Waals surface area contributed by atoms with Crippen LogP contribution in [0.15, 0.2) is 53.4 Å². The lowest BCUT2D eigenvalue weighted by molar-refractivity contribution is 0.0839. The Hall–Kier alpha value is -1.39. The van der Waals surface area contributed by atoms with Crippen LogP contribution in [-0.4, -0.2) is 10.9 Å². The lowest BCUT2D eigenvalue weighted by atomic mass is 9.99. The van der Waals surface area contributed by atoms with Crippen LogP contribution in [0.3, 0.4) is 0 Å². The van der Waals surface area contributed by atoms with Crippen LogP contribution >= 0.6 is 11.8 Å². The van der Waals surface area contributed by atoms with Crippen LogP contribution < -0.4 is 0 Å². The average molecular weight is 280 g/mol. The normalized spacial score (nSPS) is 14.1. The van der Waals surface area contributed by atoms with Gasteiger partial charge < -0.3 is 5.11 Å². The van der Waals surface area contributed by atoms with E-state index < -0.39 is 17.2 Å². The van der Waals surface area contributed by atoms with E-state index in [-0.39, 0.29) is 10.6 Å². The maximum absolute atomic E-state index is 13.5. The molecule has 0 heterocycles. The molecule has 2 aromatic rings. The van der Waals surface area contributed by atoms with Crippen LogP contribution in [-0.2, 0) is 5.60 Å². The molecule has 1 N–H and O–H groups in total. The summed E-state index contributed by atoms with van der Waals surface area (Å²) >= 11 is 1.10. The second-order valence-corrected chi connectivity index (χ2v) is 5.52. The Bertz CT molecular complexity index is 555. The molecule has 100 valence electrons. The molecule has 2 rings (SSSR count). The van der Waals surface area contributed by atoms with Crippen molar-refractivity contribution < 1.29 is 13.9 Å². The molecule has 0 bridgehead atoms. The van der Waals surface area contributed by atoms with E-state index >= 15 is 0 Å².